The van der Waals surface area contributed by atoms with Crippen LogP contribution in [0.15, 0.2) is 18.2 Å². The predicted molar refractivity (Wildman–Crippen MR) is 103 cm³/mol. The highest BCUT2D eigenvalue weighted by Gasteiger charge is 2.35. The summed E-state index contributed by atoms with van der Waals surface area (Å²) in [6.07, 6.45) is -1.81. The first kappa shape index (κ1) is 23.0. The van der Waals surface area contributed by atoms with Crippen LogP contribution in [0.25, 0.3) is 0 Å². The fraction of sp³-hybridized carbons (Fsp3) is 0.619. The lowest BCUT2D eigenvalue weighted by Crippen LogP contribution is -2.32. The number of ether oxygens (including phenoxy) is 2. The Morgan fingerprint density at radius 1 is 1.10 bits per heavy atom. The summed E-state index contributed by atoms with van der Waals surface area (Å²) in [4.78, 5) is 23.8. The van der Waals surface area contributed by atoms with Crippen molar-refractivity contribution in [1.82, 2.24) is 0 Å². The minimum absolute atomic E-state index is 0.0524. The summed E-state index contributed by atoms with van der Waals surface area (Å²) in [5.74, 6) is -0.941. The first-order chi connectivity index (χ1) is 13.4. The summed E-state index contributed by atoms with van der Waals surface area (Å²) < 4.78 is 49.9. The Hall–Kier alpha value is -2.25. The van der Waals surface area contributed by atoms with E-state index < -0.39 is 23.3 Å². The van der Waals surface area contributed by atoms with Crippen LogP contribution in [0.4, 0.5) is 18.9 Å². The zero-order chi connectivity index (χ0) is 21.8. The minimum atomic E-state index is -4.54. The average Bonchev–Trinajstić information content (AvgIpc) is 2.63. The first-order valence-electron chi connectivity index (χ1n) is 9.67. The molecule has 1 aliphatic rings. The molecule has 1 fully saturated rings. The second kappa shape index (κ2) is 9.05. The highest BCUT2D eigenvalue weighted by atomic mass is 19.4. The second-order valence-electron chi connectivity index (χ2n) is 8.38. The van der Waals surface area contributed by atoms with Crippen LogP contribution in [-0.4, -0.2) is 31.2 Å². The maximum Gasteiger partial charge on any atom is 0.418 e. The monoisotopic (exact) mass is 415 g/mol. The maximum atomic E-state index is 13.3. The van der Waals surface area contributed by atoms with E-state index in [0.717, 1.165) is 25.0 Å². The van der Waals surface area contributed by atoms with E-state index in [4.69, 9.17) is 4.74 Å². The molecule has 1 aromatic rings. The average molecular weight is 415 g/mol. The summed E-state index contributed by atoms with van der Waals surface area (Å²) in [5.41, 5.74) is -1.45. The zero-order valence-corrected chi connectivity index (χ0v) is 17.2. The van der Waals surface area contributed by atoms with Gasteiger partial charge >= 0.3 is 18.1 Å². The Bertz CT molecular complexity index is 732. The molecule has 0 unspecified atom stereocenters. The van der Waals surface area contributed by atoms with Gasteiger partial charge in [0.1, 0.15) is 5.60 Å². The van der Waals surface area contributed by atoms with Gasteiger partial charge in [0.15, 0.2) is 0 Å². The number of nitrogens with one attached hydrogen (secondary N) is 1. The van der Waals surface area contributed by atoms with Crippen molar-refractivity contribution in [3.63, 3.8) is 0 Å². The number of hydrogen-bond donors (Lipinski definition) is 1. The summed E-state index contributed by atoms with van der Waals surface area (Å²) in [6, 6.07) is 3.15. The third-order valence-electron chi connectivity index (χ3n) is 4.91. The standard InChI is InChI=1S/C21H28F3NO4/c1-20(2,3)29-19(27)14-7-5-13(6-8-14)12-25-17-11-15(18(26)28-4)9-10-16(17)21(22,23)24/h9-11,13-14,25H,5-8,12H2,1-4H3/t13-,14-. The van der Waals surface area contributed by atoms with Gasteiger partial charge in [0.2, 0.25) is 0 Å². The van der Waals surface area contributed by atoms with Crippen LogP contribution in [0.3, 0.4) is 0 Å². The van der Waals surface area contributed by atoms with Gasteiger partial charge in [-0.05, 0) is 70.6 Å². The first-order valence-corrected chi connectivity index (χ1v) is 9.67. The molecule has 2 rings (SSSR count). The highest BCUT2D eigenvalue weighted by molar-refractivity contribution is 5.90. The number of methoxy groups -OCH3 is 1. The Balaban J connectivity index is 1.99. The van der Waals surface area contributed by atoms with Crippen LogP contribution in [0.5, 0.6) is 0 Å². The van der Waals surface area contributed by atoms with Gasteiger partial charge in [-0.1, -0.05) is 0 Å². The van der Waals surface area contributed by atoms with Crippen molar-refractivity contribution in [1.29, 1.82) is 0 Å². The lowest BCUT2D eigenvalue weighted by atomic mass is 9.82. The van der Waals surface area contributed by atoms with Gasteiger partial charge in [0.05, 0.1) is 24.2 Å². The van der Waals surface area contributed by atoms with Gasteiger partial charge in [-0.3, -0.25) is 4.79 Å². The quantitative estimate of drug-likeness (QED) is 0.682. The van der Waals surface area contributed by atoms with Crippen LogP contribution >= 0.6 is 0 Å². The molecule has 29 heavy (non-hydrogen) atoms. The molecule has 1 saturated carbocycles. The molecule has 1 aromatic carbocycles. The van der Waals surface area contributed by atoms with Gasteiger partial charge in [-0.2, -0.15) is 13.2 Å². The van der Waals surface area contributed by atoms with Crippen LogP contribution < -0.4 is 5.32 Å². The molecule has 0 aliphatic heterocycles. The lowest BCUT2D eigenvalue weighted by Gasteiger charge is -2.30. The third kappa shape index (κ3) is 6.65. The van der Waals surface area contributed by atoms with E-state index >= 15 is 0 Å². The fourth-order valence-corrected chi connectivity index (χ4v) is 3.42. The zero-order valence-electron chi connectivity index (χ0n) is 17.2. The Morgan fingerprint density at radius 2 is 1.72 bits per heavy atom. The van der Waals surface area contributed by atoms with Crippen LogP contribution in [-0.2, 0) is 20.4 Å². The number of rotatable bonds is 5. The van der Waals surface area contributed by atoms with Crippen LogP contribution in [0, 0.1) is 11.8 Å². The summed E-state index contributed by atoms with van der Waals surface area (Å²) in [7, 11) is 1.18. The van der Waals surface area contributed by atoms with E-state index in [1.54, 1.807) is 0 Å². The fourth-order valence-electron chi connectivity index (χ4n) is 3.42. The van der Waals surface area contributed by atoms with Crippen molar-refractivity contribution >= 4 is 17.6 Å². The van der Waals surface area contributed by atoms with E-state index in [1.165, 1.54) is 13.2 Å². The molecule has 1 N–H and O–H groups in total. The van der Waals surface area contributed by atoms with E-state index in [1.807, 2.05) is 20.8 Å². The number of benzene rings is 1. The molecule has 1 aliphatic carbocycles. The molecule has 162 valence electrons. The van der Waals surface area contributed by atoms with Gasteiger partial charge < -0.3 is 14.8 Å². The van der Waals surface area contributed by atoms with Gasteiger partial charge in [0.25, 0.3) is 0 Å². The number of halogens is 3. The summed E-state index contributed by atoms with van der Waals surface area (Å²) in [6.45, 7) is 5.79. The smallest absolute Gasteiger partial charge is 0.418 e. The van der Waals surface area contributed by atoms with Crippen molar-refractivity contribution in [2.24, 2.45) is 11.8 Å². The van der Waals surface area contributed by atoms with Crippen molar-refractivity contribution in [3.05, 3.63) is 29.3 Å². The largest absolute Gasteiger partial charge is 0.465 e. The third-order valence-corrected chi connectivity index (χ3v) is 4.91. The van der Waals surface area contributed by atoms with Crippen LogP contribution in [0.2, 0.25) is 0 Å². The number of esters is 2. The number of hydrogen-bond acceptors (Lipinski definition) is 5. The maximum absolute atomic E-state index is 13.3. The molecular formula is C21H28F3NO4. The van der Waals surface area contributed by atoms with E-state index in [9.17, 15) is 22.8 Å². The Morgan fingerprint density at radius 3 is 2.24 bits per heavy atom. The molecule has 5 nitrogen and oxygen atoms in total. The number of anilines is 1. The van der Waals surface area contributed by atoms with Crippen molar-refractivity contribution in [2.45, 2.75) is 58.2 Å². The number of alkyl halides is 3. The Labute approximate surface area is 168 Å². The number of carbonyl (C=O) groups is 2. The molecular weight excluding hydrogens is 387 g/mol. The summed E-state index contributed by atoms with van der Waals surface area (Å²) in [5, 5.41) is 2.85. The van der Waals surface area contributed by atoms with Crippen molar-refractivity contribution in [3.8, 4) is 0 Å². The molecule has 0 aromatic heterocycles. The molecule has 0 atom stereocenters. The lowest BCUT2D eigenvalue weighted by molar-refractivity contribution is -0.161. The number of carbonyl (C=O) groups excluding carboxylic acids is 2. The van der Waals surface area contributed by atoms with Gasteiger partial charge in [-0.25, -0.2) is 4.79 Å². The van der Waals surface area contributed by atoms with E-state index in [-0.39, 0.29) is 29.1 Å². The van der Waals surface area contributed by atoms with Gasteiger partial charge in [0, 0.05) is 12.2 Å². The molecule has 0 bridgehead atoms. The van der Waals surface area contributed by atoms with E-state index in [0.29, 0.717) is 19.4 Å². The predicted octanol–water partition coefficient (Wildman–Crippen LogP) is 5.05. The normalized spacial score (nSPS) is 20.1. The SMILES string of the molecule is COC(=O)c1ccc(C(F)(F)F)c(NC[C@H]2CC[C@H](C(=O)OC(C)(C)C)CC2)c1. The molecule has 8 heteroatoms. The topological polar surface area (TPSA) is 64.6 Å². The van der Waals surface area contributed by atoms with Crippen LogP contribution in [0.1, 0.15) is 62.4 Å². The van der Waals surface area contributed by atoms with Gasteiger partial charge in [-0.15, -0.1) is 0 Å². The summed E-state index contributed by atoms with van der Waals surface area (Å²) >= 11 is 0. The highest BCUT2D eigenvalue weighted by Crippen LogP contribution is 2.36. The van der Waals surface area contributed by atoms with E-state index in [2.05, 4.69) is 10.1 Å². The second-order valence-corrected chi connectivity index (χ2v) is 8.38. The van der Waals surface area contributed by atoms with Crippen molar-refractivity contribution in [2.75, 3.05) is 19.0 Å². The Kier molecular flexibility index (Phi) is 7.19. The van der Waals surface area contributed by atoms with Crippen molar-refractivity contribution < 1.29 is 32.2 Å². The molecule has 0 spiro atoms. The molecule has 0 saturated heterocycles. The molecule has 0 amide bonds. The molecule has 0 radical (unpaired) electrons. The minimum Gasteiger partial charge on any atom is -0.465 e. The molecule has 0 heterocycles.